The van der Waals surface area contributed by atoms with E-state index in [1.165, 1.54) is 6.07 Å². The van der Waals surface area contributed by atoms with Gasteiger partial charge in [0.25, 0.3) is 5.91 Å². The quantitative estimate of drug-likeness (QED) is 0.759. The Balaban J connectivity index is 2.37. The van der Waals surface area contributed by atoms with Crippen LogP contribution in [0.5, 0.6) is 0 Å². The number of amides is 1. The molecule has 0 bridgehead atoms. The highest BCUT2D eigenvalue weighted by atomic mass is 79.9. The first-order valence-electron chi connectivity index (χ1n) is 5.39. The van der Waals surface area contributed by atoms with Crippen molar-refractivity contribution in [2.24, 2.45) is 5.73 Å². The minimum atomic E-state index is -0.698. The van der Waals surface area contributed by atoms with Gasteiger partial charge in [-0.2, -0.15) is 0 Å². The molecule has 2 aromatic carbocycles. The summed E-state index contributed by atoms with van der Waals surface area (Å²) in [5.74, 6) is -1.25. The molecule has 19 heavy (non-hydrogen) atoms. The molecule has 0 fully saturated rings. The van der Waals surface area contributed by atoms with E-state index < -0.39 is 11.7 Å². The van der Waals surface area contributed by atoms with Crippen LogP contribution in [0.1, 0.15) is 10.4 Å². The van der Waals surface area contributed by atoms with Crippen molar-refractivity contribution in [1.29, 1.82) is 0 Å². The fourth-order valence-electron chi connectivity index (χ4n) is 1.59. The summed E-state index contributed by atoms with van der Waals surface area (Å²) in [6.45, 7) is 0. The first-order chi connectivity index (χ1) is 8.97. The van der Waals surface area contributed by atoms with E-state index in [9.17, 15) is 9.18 Å². The molecule has 0 heterocycles. The van der Waals surface area contributed by atoms with Crippen LogP contribution in [0.15, 0.2) is 40.9 Å². The second-order valence-electron chi connectivity index (χ2n) is 3.92. The number of primary amides is 1. The van der Waals surface area contributed by atoms with Gasteiger partial charge in [-0.05, 0) is 36.4 Å². The fraction of sp³-hybridized carbons (Fsp3) is 0. The van der Waals surface area contributed by atoms with Crippen LogP contribution < -0.4 is 16.8 Å². The van der Waals surface area contributed by atoms with Crippen molar-refractivity contribution in [3.05, 3.63) is 52.3 Å². The lowest BCUT2D eigenvalue weighted by atomic mass is 10.1. The van der Waals surface area contributed by atoms with Gasteiger partial charge in [0.05, 0.1) is 11.3 Å². The van der Waals surface area contributed by atoms with Crippen molar-refractivity contribution in [3.8, 4) is 0 Å². The number of anilines is 3. The molecule has 0 aliphatic heterocycles. The number of hydrogen-bond donors (Lipinski definition) is 3. The maximum Gasteiger partial charge on any atom is 0.250 e. The molecule has 0 radical (unpaired) electrons. The molecule has 0 aliphatic rings. The number of carbonyl (C=O) groups excluding carboxylic acids is 1. The number of carbonyl (C=O) groups is 1. The zero-order valence-corrected chi connectivity index (χ0v) is 11.4. The van der Waals surface area contributed by atoms with Crippen molar-refractivity contribution >= 4 is 38.9 Å². The molecular weight excluding hydrogens is 313 g/mol. The number of nitrogens with one attached hydrogen (secondary N) is 1. The van der Waals surface area contributed by atoms with Gasteiger partial charge < -0.3 is 16.8 Å². The van der Waals surface area contributed by atoms with Crippen LogP contribution in [0, 0.1) is 5.82 Å². The maximum absolute atomic E-state index is 13.8. The maximum atomic E-state index is 13.8. The monoisotopic (exact) mass is 323 g/mol. The Morgan fingerprint density at radius 3 is 2.42 bits per heavy atom. The largest absolute Gasteiger partial charge is 0.398 e. The summed E-state index contributed by atoms with van der Waals surface area (Å²) in [6.07, 6.45) is 0. The van der Waals surface area contributed by atoms with Gasteiger partial charge in [0, 0.05) is 15.8 Å². The van der Waals surface area contributed by atoms with Crippen LogP contribution in [0.25, 0.3) is 0 Å². The SMILES string of the molecule is NC(=O)c1cc(Nc2ccc(Br)cc2)c(F)cc1N. The Bertz CT molecular complexity index is 629. The van der Waals surface area contributed by atoms with E-state index in [2.05, 4.69) is 21.2 Å². The predicted octanol–water partition coefficient (Wildman–Crippen LogP) is 3.01. The molecule has 6 heteroatoms. The molecule has 0 atom stereocenters. The molecule has 2 aromatic rings. The van der Waals surface area contributed by atoms with E-state index in [0.717, 1.165) is 10.5 Å². The van der Waals surface area contributed by atoms with Gasteiger partial charge in [0.1, 0.15) is 5.82 Å². The molecule has 4 nitrogen and oxygen atoms in total. The first kappa shape index (κ1) is 13.4. The number of halogens is 2. The van der Waals surface area contributed by atoms with E-state index in [0.29, 0.717) is 5.69 Å². The normalized spacial score (nSPS) is 10.2. The molecule has 0 saturated carbocycles. The minimum Gasteiger partial charge on any atom is -0.398 e. The Morgan fingerprint density at radius 1 is 1.21 bits per heavy atom. The molecule has 2 rings (SSSR count). The Hall–Kier alpha value is -2.08. The van der Waals surface area contributed by atoms with Crippen LogP contribution in [0.2, 0.25) is 0 Å². The second-order valence-corrected chi connectivity index (χ2v) is 4.83. The summed E-state index contributed by atoms with van der Waals surface area (Å²) in [5, 5.41) is 2.86. The van der Waals surface area contributed by atoms with Gasteiger partial charge in [0.2, 0.25) is 0 Å². The molecule has 1 amide bonds. The number of benzene rings is 2. The zero-order valence-electron chi connectivity index (χ0n) is 9.78. The van der Waals surface area contributed by atoms with Crippen molar-refractivity contribution < 1.29 is 9.18 Å². The summed E-state index contributed by atoms with van der Waals surface area (Å²) in [4.78, 5) is 11.2. The van der Waals surface area contributed by atoms with E-state index in [4.69, 9.17) is 11.5 Å². The lowest BCUT2D eigenvalue weighted by Crippen LogP contribution is -2.14. The lowest BCUT2D eigenvalue weighted by molar-refractivity contribution is 0.100. The average molecular weight is 324 g/mol. The Labute approximate surface area is 117 Å². The zero-order chi connectivity index (χ0) is 14.0. The molecular formula is C13H11BrFN3O. The third-order valence-corrected chi connectivity index (χ3v) is 3.06. The van der Waals surface area contributed by atoms with E-state index >= 15 is 0 Å². The van der Waals surface area contributed by atoms with E-state index in [-0.39, 0.29) is 16.9 Å². The van der Waals surface area contributed by atoms with Gasteiger partial charge in [-0.25, -0.2) is 4.39 Å². The number of nitrogens with two attached hydrogens (primary N) is 2. The fourth-order valence-corrected chi connectivity index (χ4v) is 1.85. The van der Waals surface area contributed by atoms with Gasteiger partial charge in [-0.3, -0.25) is 4.79 Å². The second kappa shape index (κ2) is 5.27. The standard InChI is InChI=1S/C13H11BrFN3O/c14-7-1-3-8(4-2-7)18-12-5-9(13(17)19)11(16)6-10(12)15/h1-6,18H,16H2,(H2,17,19). The summed E-state index contributed by atoms with van der Waals surface area (Å²) in [5.41, 5.74) is 11.6. The Kier molecular flexibility index (Phi) is 3.71. The molecule has 0 aliphatic carbocycles. The Morgan fingerprint density at radius 2 is 1.84 bits per heavy atom. The van der Waals surface area contributed by atoms with Crippen LogP contribution in [-0.4, -0.2) is 5.91 Å². The highest BCUT2D eigenvalue weighted by Gasteiger charge is 2.12. The highest BCUT2D eigenvalue weighted by molar-refractivity contribution is 9.10. The summed E-state index contributed by atoms with van der Waals surface area (Å²) < 4.78 is 14.7. The van der Waals surface area contributed by atoms with Gasteiger partial charge >= 0.3 is 0 Å². The van der Waals surface area contributed by atoms with Crippen LogP contribution in [-0.2, 0) is 0 Å². The smallest absolute Gasteiger partial charge is 0.250 e. The number of hydrogen-bond acceptors (Lipinski definition) is 3. The van der Waals surface area contributed by atoms with Crippen LogP contribution >= 0.6 is 15.9 Å². The number of nitrogen functional groups attached to an aromatic ring is 1. The first-order valence-corrected chi connectivity index (χ1v) is 6.18. The van der Waals surface area contributed by atoms with E-state index in [1.54, 1.807) is 12.1 Å². The lowest BCUT2D eigenvalue weighted by Gasteiger charge is -2.10. The molecule has 0 saturated heterocycles. The van der Waals surface area contributed by atoms with Crippen molar-refractivity contribution in [1.82, 2.24) is 0 Å². The van der Waals surface area contributed by atoms with E-state index in [1.807, 2.05) is 12.1 Å². The van der Waals surface area contributed by atoms with Gasteiger partial charge in [-0.1, -0.05) is 15.9 Å². The third kappa shape index (κ3) is 3.03. The topological polar surface area (TPSA) is 81.1 Å². The molecule has 98 valence electrons. The van der Waals surface area contributed by atoms with Crippen LogP contribution in [0.3, 0.4) is 0 Å². The minimum absolute atomic E-state index is 0.0198. The summed E-state index contributed by atoms with van der Waals surface area (Å²) in [6, 6.07) is 9.53. The summed E-state index contributed by atoms with van der Waals surface area (Å²) >= 11 is 3.31. The molecule has 0 aromatic heterocycles. The summed E-state index contributed by atoms with van der Waals surface area (Å²) in [7, 11) is 0. The van der Waals surface area contributed by atoms with Crippen molar-refractivity contribution in [2.75, 3.05) is 11.1 Å². The predicted molar refractivity (Wildman–Crippen MR) is 76.8 cm³/mol. The van der Waals surface area contributed by atoms with Gasteiger partial charge in [0.15, 0.2) is 0 Å². The van der Waals surface area contributed by atoms with Gasteiger partial charge in [-0.15, -0.1) is 0 Å². The van der Waals surface area contributed by atoms with Crippen molar-refractivity contribution in [2.45, 2.75) is 0 Å². The third-order valence-electron chi connectivity index (χ3n) is 2.53. The highest BCUT2D eigenvalue weighted by Crippen LogP contribution is 2.25. The molecule has 0 unspecified atom stereocenters. The van der Waals surface area contributed by atoms with Crippen LogP contribution in [0.4, 0.5) is 21.5 Å². The van der Waals surface area contributed by atoms with Crippen molar-refractivity contribution in [3.63, 3.8) is 0 Å². The number of rotatable bonds is 3. The average Bonchev–Trinajstić information content (AvgIpc) is 2.34. The molecule has 5 N–H and O–H groups in total. The molecule has 0 spiro atoms.